The highest BCUT2D eigenvalue weighted by Gasteiger charge is 2.38. The minimum absolute atomic E-state index is 0.0686. The van der Waals surface area contributed by atoms with Gasteiger partial charge in [0.1, 0.15) is 17.0 Å². The molecule has 1 aliphatic heterocycles. The molecule has 1 fully saturated rings. The lowest BCUT2D eigenvalue weighted by molar-refractivity contribution is 0.0557. The zero-order valence-electron chi connectivity index (χ0n) is 14.5. The Balaban J connectivity index is 1.84. The second-order valence-electron chi connectivity index (χ2n) is 7.45. The van der Waals surface area contributed by atoms with Gasteiger partial charge in [-0.25, -0.2) is 19.7 Å². The summed E-state index contributed by atoms with van der Waals surface area (Å²) in [6, 6.07) is 3.55. The molecule has 2 aromatic heterocycles. The van der Waals surface area contributed by atoms with Crippen LogP contribution in [-0.2, 0) is 0 Å². The molecular formula is C17H22ClN5O2. The van der Waals surface area contributed by atoms with Crippen molar-refractivity contribution in [1.29, 1.82) is 0 Å². The molecule has 0 aromatic carbocycles. The fraction of sp³-hybridized carbons (Fsp3) is 0.529. The van der Waals surface area contributed by atoms with Gasteiger partial charge in [-0.1, -0.05) is 32.4 Å². The van der Waals surface area contributed by atoms with Crippen LogP contribution in [-0.4, -0.2) is 49.7 Å². The lowest BCUT2D eigenvalue weighted by Crippen LogP contribution is -2.54. The van der Waals surface area contributed by atoms with E-state index < -0.39 is 6.09 Å². The van der Waals surface area contributed by atoms with E-state index in [1.807, 2.05) is 6.07 Å². The largest absolute Gasteiger partial charge is 0.465 e. The molecule has 1 saturated heterocycles. The molecule has 0 saturated carbocycles. The number of carboxylic acid groups (broad SMARTS) is 1. The molecule has 25 heavy (non-hydrogen) atoms. The van der Waals surface area contributed by atoms with Crippen molar-refractivity contribution in [3.63, 3.8) is 0 Å². The Morgan fingerprint density at radius 2 is 2.12 bits per heavy atom. The van der Waals surface area contributed by atoms with Gasteiger partial charge in [0.15, 0.2) is 5.82 Å². The first-order chi connectivity index (χ1) is 11.8. The highest BCUT2D eigenvalue weighted by Crippen LogP contribution is 2.33. The number of rotatable bonds is 2. The number of carbonyl (C=O) groups is 1. The summed E-state index contributed by atoms with van der Waals surface area (Å²) < 4.78 is 0. The number of nitrogens with zero attached hydrogens (tertiary/aromatic N) is 4. The van der Waals surface area contributed by atoms with Crippen molar-refractivity contribution in [3.05, 3.63) is 23.6 Å². The van der Waals surface area contributed by atoms with Crippen LogP contribution < -0.4 is 5.32 Å². The molecule has 3 rings (SSSR count). The van der Waals surface area contributed by atoms with Crippen molar-refractivity contribution in [2.45, 2.75) is 45.7 Å². The lowest BCUT2D eigenvalue weighted by Gasteiger charge is -2.44. The number of pyridine rings is 1. The Kier molecular flexibility index (Phi) is 4.69. The van der Waals surface area contributed by atoms with E-state index in [0.717, 1.165) is 5.52 Å². The minimum atomic E-state index is -0.862. The summed E-state index contributed by atoms with van der Waals surface area (Å²) in [6.45, 7) is 6.69. The Morgan fingerprint density at radius 1 is 1.36 bits per heavy atom. The van der Waals surface area contributed by atoms with Crippen LogP contribution in [0.5, 0.6) is 0 Å². The van der Waals surface area contributed by atoms with Gasteiger partial charge in [0, 0.05) is 18.6 Å². The third-order valence-electron chi connectivity index (χ3n) is 4.64. The summed E-state index contributed by atoms with van der Waals surface area (Å²) in [4.78, 5) is 25.9. The first-order valence-electron chi connectivity index (χ1n) is 8.29. The molecule has 1 aliphatic rings. The summed E-state index contributed by atoms with van der Waals surface area (Å²) >= 11 is 6.00. The average molecular weight is 364 g/mol. The summed E-state index contributed by atoms with van der Waals surface area (Å²) in [5.41, 5.74) is 1.20. The topological polar surface area (TPSA) is 91.2 Å². The monoisotopic (exact) mass is 363 g/mol. The van der Waals surface area contributed by atoms with Crippen LogP contribution in [0.1, 0.15) is 33.6 Å². The first-order valence-corrected chi connectivity index (χ1v) is 8.67. The number of hydrogen-bond acceptors (Lipinski definition) is 5. The summed E-state index contributed by atoms with van der Waals surface area (Å²) in [5, 5.41) is 13.3. The number of hydrogen-bond donors (Lipinski definition) is 2. The highest BCUT2D eigenvalue weighted by atomic mass is 35.5. The van der Waals surface area contributed by atoms with Crippen molar-refractivity contribution >= 4 is 34.5 Å². The van der Waals surface area contributed by atoms with E-state index in [4.69, 9.17) is 11.6 Å². The van der Waals surface area contributed by atoms with E-state index in [0.29, 0.717) is 35.9 Å². The Morgan fingerprint density at radius 3 is 2.80 bits per heavy atom. The van der Waals surface area contributed by atoms with Gasteiger partial charge in [0.2, 0.25) is 0 Å². The van der Waals surface area contributed by atoms with Crippen LogP contribution in [0.25, 0.3) is 11.0 Å². The maximum Gasteiger partial charge on any atom is 0.407 e. The average Bonchev–Trinajstić information content (AvgIpc) is 2.54. The second kappa shape index (κ2) is 6.63. The van der Waals surface area contributed by atoms with Gasteiger partial charge in [-0.3, -0.25) is 0 Å². The molecule has 0 aliphatic carbocycles. The van der Waals surface area contributed by atoms with Crippen molar-refractivity contribution in [3.8, 4) is 0 Å². The maximum atomic E-state index is 11.5. The van der Waals surface area contributed by atoms with Gasteiger partial charge < -0.3 is 15.3 Å². The SMILES string of the molecule is CC(C)(C)C1CC(Nc2ncnc3ccc(Cl)nc23)CCN1C(=O)O. The van der Waals surface area contributed by atoms with Crippen LogP contribution in [0.15, 0.2) is 18.5 Å². The Hall–Kier alpha value is -2.15. The van der Waals surface area contributed by atoms with E-state index in [-0.39, 0.29) is 17.5 Å². The molecule has 7 nitrogen and oxygen atoms in total. The Bertz CT molecular complexity index is 792. The molecule has 0 spiro atoms. The number of piperidine rings is 1. The first kappa shape index (κ1) is 17.7. The van der Waals surface area contributed by atoms with Crippen molar-refractivity contribution in [2.24, 2.45) is 5.41 Å². The summed E-state index contributed by atoms with van der Waals surface area (Å²) in [5.74, 6) is 0.633. The van der Waals surface area contributed by atoms with Crippen LogP contribution in [0.2, 0.25) is 5.15 Å². The molecule has 0 bridgehead atoms. The van der Waals surface area contributed by atoms with Gasteiger partial charge in [-0.05, 0) is 30.4 Å². The van der Waals surface area contributed by atoms with Crippen molar-refractivity contribution < 1.29 is 9.90 Å². The fourth-order valence-electron chi connectivity index (χ4n) is 3.36. The minimum Gasteiger partial charge on any atom is -0.465 e. The predicted octanol–water partition coefficient (Wildman–Crippen LogP) is 3.65. The Labute approximate surface area is 151 Å². The standard InChI is InChI=1S/C17H22ClN5O2/c1-17(2,3)12-8-10(6-7-23(12)16(24)25)21-15-14-11(19-9-20-15)4-5-13(18)22-14/h4-5,9-10,12H,6-8H2,1-3H3,(H,24,25)(H,19,20,21). The van der Waals surface area contributed by atoms with E-state index >= 15 is 0 Å². The normalized spacial score (nSPS) is 21.4. The molecule has 134 valence electrons. The highest BCUT2D eigenvalue weighted by molar-refractivity contribution is 6.29. The number of aromatic nitrogens is 3. The zero-order chi connectivity index (χ0) is 18.2. The molecule has 2 unspecified atom stereocenters. The van der Waals surface area contributed by atoms with E-state index in [2.05, 4.69) is 41.0 Å². The third-order valence-corrected chi connectivity index (χ3v) is 4.85. The second-order valence-corrected chi connectivity index (χ2v) is 7.83. The van der Waals surface area contributed by atoms with Gasteiger partial charge in [-0.15, -0.1) is 0 Å². The summed E-state index contributed by atoms with van der Waals surface area (Å²) in [6.07, 6.45) is 2.06. The molecular weight excluding hydrogens is 342 g/mol. The van der Waals surface area contributed by atoms with Crippen LogP contribution in [0.4, 0.5) is 10.6 Å². The van der Waals surface area contributed by atoms with Crippen LogP contribution in [0, 0.1) is 5.41 Å². The van der Waals surface area contributed by atoms with E-state index in [1.165, 1.54) is 6.33 Å². The number of amides is 1. The molecule has 2 N–H and O–H groups in total. The van der Waals surface area contributed by atoms with Crippen molar-refractivity contribution in [1.82, 2.24) is 19.9 Å². The number of nitrogens with one attached hydrogen (secondary N) is 1. The van der Waals surface area contributed by atoms with Gasteiger partial charge in [0.25, 0.3) is 0 Å². The molecule has 1 amide bonds. The number of fused-ring (bicyclic) bond motifs is 1. The van der Waals surface area contributed by atoms with E-state index in [1.54, 1.807) is 11.0 Å². The number of likely N-dealkylation sites (tertiary alicyclic amines) is 1. The van der Waals surface area contributed by atoms with Gasteiger partial charge in [-0.2, -0.15) is 0 Å². The zero-order valence-corrected chi connectivity index (χ0v) is 15.3. The molecule has 0 radical (unpaired) electrons. The van der Waals surface area contributed by atoms with Gasteiger partial charge >= 0.3 is 6.09 Å². The molecule has 2 aromatic rings. The molecule has 8 heteroatoms. The quantitative estimate of drug-likeness (QED) is 0.791. The maximum absolute atomic E-state index is 11.5. The molecule has 2 atom stereocenters. The number of anilines is 1. The van der Waals surface area contributed by atoms with Crippen molar-refractivity contribution in [2.75, 3.05) is 11.9 Å². The number of halogens is 1. The third kappa shape index (κ3) is 3.76. The predicted molar refractivity (Wildman–Crippen MR) is 97.0 cm³/mol. The fourth-order valence-corrected chi connectivity index (χ4v) is 3.51. The van der Waals surface area contributed by atoms with E-state index in [9.17, 15) is 9.90 Å². The molecule has 3 heterocycles. The smallest absolute Gasteiger partial charge is 0.407 e. The lowest BCUT2D eigenvalue weighted by atomic mass is 9.79. The van der Waals surface area contributed by atoms with Crippen LogP contribution >= 0.6 is 11.6 Å². The summed E-state index contributed by atoms with van der Waals surface area (Å²) in [7, 11) is 0. The van der Waals surface area contributed by atoms with Gasteiger partial charge in [0.05, 0.1) is 5.52 Å². The van der Waals surface area contributed by atoms with Crippen LogP contribution in [0.3, 0.4) is 0 Å².